The van der Waals surface area contributed by atoms with Gasteiger partial charge in [-0.3, -0.25) is 9.52 Å². The third-order valence-electron chi connectivity index (χ3n) is 4.66. The van der Waals surface area contributed by atoms with Crippen LogP contribution in [0.1, 0.15) is 23.1 Å². The molecule has 1 aliphatic rings. The van der Waals surface area contributed by atoms with Crippen LogP contribution in [0.2, 0.25) is 0 Å². The largest absolute Gasteiger partial charge is 0.375 e. The van der Waals surface area contributed by atoms with E-state index in [4.69, 9.17) is 4.74 Å². The molecule has 0 spiro atoms. The molecule has 1 N–H and O–H groups in total. The van der Waals surface area contributed by atoms with Gasteiger partial charge in [-0.05, 0) is 61.6 Å². The Morgan fingerprint density at radius 3 is 2.70 bits per heavy atom. The summed E-state index contributed by atoms with van der Waals surface area (Å²) in [5.41, 5.74) is 3.77. The fourth-order valence-electron chi connectivity index (χ4n) is 3.31. The number of methoxy groups -OCH3 is 1. The van der Waals surface area contributed by atoms with Crippen molar-refractivity contribution in [2.75, 3.05) is 29.9 Å². The molecule has 6 nitrogen and oxygen atoms in total. The first-order valence-electron chi connectivity index (χ1n) is 8.84. The molecule has 1 heterocycles. The highest BCUT2D eigenvalue weighted by Gasteiger charge is 2.24. The van der Waals surface area contributed by atoms with E-state index in [0.29, 0.717) is 17.8 Å². The molecule has 0 atom stereocenters. The molecular weight excluding hydrogens is 364 g/mol. The number of hydrogen-bond donors (Lipinski definition) is 1. The Labute approximate surface area is 160 Å². The van der Waals surface area contributed by atoms with Gasteiger partial charge in [0.05, 0.1) is 10.6 Å². The van der Waals surface area contributed by atoms with Crippen LogP contribution in [0.3, 0.4) is 0 Å². The lowest BCUT2D eigenvalue weighted by Crippen LogP contribution is -2.37. The second-order valence-electron chi connectivity index (χ2n) is 6.80. The van der Waals surface area contributed by atoms with Crippen LogP contribution in [0.25, 0.3) is 0 Å². The van der Waals surface area contributed by atoms with Crippen LogP contribution in [-0.2, 0) is 26.0 Å². The lowest BCUT2D eigenvalue weighted by Gasteiger charge is -2.30. The van der Waals surface area contributed by atoms with Crippen molar-refractivity contribution in [1.29, 1.82) is 0 Å². The van der Waals surface area contributed by atoms with E-state index in [9.17, 15) is 13.2 Å². The zero-order valence-electron chi connectivity index (χ0n) is 15.8. The number of nitrogens with zero attached hydrogens (tertiary/aromatic N) is 1. The van der Waals surface area contributed by atoms with Gasteiger partial charge in [0.15, 0.2) is 0 Å². The monoisotopic (exact) mass is 388 g/mol. The van der Waals surface area contributed by atoms with Gasteiger partial charge in [0.25, 0.3) is 15.9 Å². The van der Waals surface area contributed by atoms with Crippen molar-refractivity contribution in [1.82, 2.24) is 0 Å². The van der Waals surface area contributed by atoms with E-state index in [1.165, 1.54) is 7.11 Å². The lowest BCUT2D eigenvalue weighted by atomic mass is 10.0. The molecular formula is C20H24N2O4S. The van der Waals surface area contributed by atoms with Gasteiger partial charge < -0.3 is 9.64 Å². The van der Waals surface area contributed by atoms with E-state index in [0.717, 1.165) is 29.7 Å². The van der Waals surface area contributed by atoms with Crippen molar-refractivity contribution in [3.05, 3.63) is 53.1 Å². The minimum Gasteiger partial charge on any atom is -0.375 e. The normalized spacial score (nSPS) is 14.0. The number of benzene rings is 2. The highest BCUT2D eigenvalue weighted by atomic mass is 32.2. The predicted octanol–water partition coefficient (Wildman–Crippen LogP) is 3.03. The summed E-state index contributed by atoms with van der Waals surface area (Å²) in [4.78, 5) is 14.2. The first-order valence-corrected chi connectivity index (χ1v) is 10.3. The molecule has 0 aliphatic carbocycles. The molecule has 0 saturated carbocycles. The first kappa shape index (κ1) is 19.4. The number of ether oxygens (including phenoxy) is 1. The van der Waals surface area contributed by atoms with Gasteiger partial charge in [0.2, 0.25) is 0 Å². The number of aryl methyl sites for hydroxylation is 3. The number of sulfonamides is 1. The van der Waals surface area contributed by atoms with Crippen molar-refractivity contribution >= 4 is 27.3 Å². The molecule has 2 aromatic carbocycles. The van der Waals surface area contributed by atoms with Crippen molar-refractivity contribution < 1.29 is 17.9 Å². The van der Waals surface area contributed by atoms with Crippen LogP contribution in [0.15, 0.2) is 41.3 Å². The van der Waals surface area contributed by atoms with Crippen molar-refractivity contribution in [2.45, 2.75) is 31.6 Å². The molecule has 2 aromatic rings. The summed E-state index contributed by atoms with van der Waals surface area (Å²) < 4.78 is 33.3. The van der Waals surface area contributed by atoms with Crippen LogP contribution in [0, 0.1) is 13.8 Å². The third-order valence-corrected chi connectivity index (χ3v) is 6.18. The van der Waals surface area contributed by atoms with Gasteiger partial charge in [-0.25, -0.2) is 8.42 Å². The van der Waals surface area contributed by atoms with Gasteiger partial charge in [0.1, 0.15) is 6.61 Å². The number of amides is 1. The van der Waals surface area contributed by atoms with Crippen LogP contribution in [0.4, 0.5) is 11.4 Å². The van der Waals surface area contributed by atoms with E-state index in [-0.39, 0.29) is 17.4 Å². The Kier molecular flexibility index (Phi) is 5.53. The zero-order valence-corrected chi connectivity index (χ0v) is 16.6. The fourth-order valence-corrected chi connectivity index (χ4v) is 4.69. The summed E-state index contributed by atoms with van der Waals surface area (Å²) in [5.74, 6) is -0.131. The van der Waals surface area contributed by atoms with E-state index in [1.807, 2.05) is 19.1 Å². The van der Waals surface area contributed by atoms with Crippen LogP contribution < -0.4 is 9.62 Å². The Bertz CT molecular complexity index is 970. The molecule has 0 bridgehead atoms. The maximum Gasteiger partial charge on any atom is 0.262 e. The molecule has 0 fully saturated rings. The standard InChI is InChI=1S/C20H24N2O4S/c1-14-6-7-15(2)19(11-14)27(24,25)21-17-9-8-16-5-4-10-22(18(16)12-17)20(23)13-26-3/h6-9,11-12,21H,4-5,10,13H2,1-3H3. The molecule has 3 rings (SSSR count). The Morgan fingerprint density at radius 1 is 1.19 bits per heavy atom. The van der Waals surface area contributed by atoms with E-state index < -0.39 is 10.0 Å². The quantitative estimate of drug-likeness (QED) is 0.854. The summed E-state index contributed by atoms with van der Waals surface area (Å²) in [6.07, 6.45) is 1.73. The topological polar surface area (TPSA) is 75.7 Å². The van der Waals surface area contributed by atoms with Crippen molar-refractivity contribution in [3.8, 4) is 0 Å². The minimum atomic E-state index is -3.72. The fraction of sp³-hybridized carbons (Fsp3) is 0.350. The lowest BCUT2D eigenvalue weighted by molar-refractivity contribution is -0.122. The maximum atomic E-state index is 12.8. The molecule has 0 aromatic heterocycles. The number of fused-ring (bicyclic) bond motifs is 1. The Morgan fingerprint density at radius 2 is 1.96 bits per heavy atom. The number of anilines is 2. The second-order valence-corrected chi connectivity index (χ2v) is 8.45. The smallest absolute Gasteiger partial charge is 0.262 e. The molecule has 0 saturated heterocycles. The number of carbonyl (C=O) groups excluding carboxylic acids is 1. The summed E-state index contributed by atoms with van der Waals surface area (Å²) in [6, 6.07) is 10.7. The average molecular weight is 388 g/mol. The van der Waals surface area contributed by atoms with Gasteiger partial charge >= 0.3 is 0 Å². The van der Waals surface area contributed by atoms with E-state index in [1.54, 1.807) is 36.1 Å². The van der Waals surface area contributed by atoms with E-state index in [2.05, 4.69) is 4.72 Å². The Balaban J connectivity index is 1.93. The van der Waals surface area contributed by atoms with Crippen molar-refractivity contribution in [3.63, 3.8) is 0 Å². The van der Waals surface area contributed by atoms with E-state index >= 15 is 0 Å². The third kappa shape index (κ3) is 4.14. The summed E-state index contributed by atoms with van der Waals surface area (Å²) in [5, 5.41) is 0. The van der Waals surface area contributed by atoms with Crippen LogP contribution in [0.5, 0.6) is 0 Å². The van der Waals surface area contributed by atoms with Crippen LogP contribution in [-0.4, -0.2) is 34.6 Å². The summed E-state index contributed by atoms with van der Waals surface area (Å²) in [6.45, 7) is 4.23. The number of rotatable bonds is 5. The zero-order chi connectivity index (χ0) is 19.6. The van der Waals surface area contributed by atoms with Gasteiger partial charge in [-0.2, -0.15) is 0 Å². The number of carbonyl (C=O) groups is 1. The summed E-state index contributed by atoms with van der Waals surface area (Å²) in [7, 11) is -2.24. The molecule has 1 amide bonds. The highest BCUT2D eigenvalue weighted by molar-refractivity contribution is 7.92. The van der Waals surface area contributed by atoms with Crippen molar-refractivity contribution in [2.24, 2.45) is 0 Å². The molecule has 27 heavy (non-hydrogen) atoms. The Hall–Kier alpha value is -2.38. The summed E-state index contributed by atoms with van der Waals surface area (Å²) >= 11 is 0. The maximum absolute atomic E-state index is 12.8. The number of nitrogens with one attached hydrogen (secondary N) is 1. The molecule has 1 aliphatic heterocycles. The molecule has 0 unspecified atom stereocenters. The first-order chi connectivity index (χ1) is 12.8. The molecule has 0 radical (unpaired) electrons. The van der Waals surface area contributed by atoms with Gasteiger partial charge in [0, 0.05) is 19.3 Å². The second kappa shape index (κ2) is 7.70. The minimum absolute atomic E-state index is 0.00210. The van der Waals surface area contributed by atoms with Crippen LogP contribution >= 0.6 is 0 Å². The molecule has 7 heteroatoms. The SMILES string of the molecule is COCC(=O)N1CCCc2ccc(NS(=O)(=O)c3cc(C)ccc3C)cc21. The van der Waals surface area contributed by atoms with Gasteiger partial charge in [-0.15, -0.1) is 0 Å². The van der Waals surface area contributed by atoms with Gasteiger partial charge in [-0.1, -0.05) is 18.2 Å². The number of hydrogen-bond acceptors (Lipinski definition) is 4. The predicted molar refractivity (Wildman–Crippen MR) is 106 cm³/mol. The average Bonchev–Trinajstić information content (AvgIpc) is 2.63. The molecule has 144 valence electrons. The highest BCUT2D eigenvalue weighted by Crippen LogP contribution is 2.31.